The Morgan fingerprint density at radius 2 is 1.81 bits per heavy atom. The van der Waals surface area contributed by atoms with Crippen LogP contribution in [0.1, 0.15) is 18.9 Å². The van der Waals surface area contributed by atoms with E-state index < -0.39 is 37.5 Å². The fraction of sp³-hybridized carbons (Fsp3) is 0.350. The van der Waals surface area contributed by atoms with E-state index in [1.165, 1.54) is 26.4 Å². The number of benzene rings is 2. The highest BCUT2D eigenvalue weighted by atomic mass is 32.2. The molecule has 0 aromatic heterocycles. The van der Waals surface area contributed by atoms with Gasteiger partial charge in [0.05, 0.1) is 19.1 Å². The van der Waals surface area contributed by atoms with Gasteiger partial charge in [-0.05, 0) is 36.6 Å². The summed E-state index contributed by atoms with van der Waals surface area (Å²) in [7, 11) is -1.21. The molecule has 0 saturated carbocycles. The molecule has 2 rings (SSSR count). The maximum atomic E-state index is 12.6. The molecule has 2 aromatic carbocycles. The van der Waals surface area contributed by atoms with Gasteiger partial charge >= 0.3 is 0 Å². The van der Waals surface area contributed by atoms with Crippen LogP contribution in [0.5, 0.6) is 11.5 Å². The van der Waals surface area contributed by atoms with Crippen LogP contribution in [0.25, 0.3) is 0 Å². The number of nitrogens with one attached hydrogen (secondary N) is 2. The van der Waals surface area contributed by atoms with Crippen LogP contribution in [0.4, 0.5) is 5.69 Å². The number of hydrogen-bond donors (Lipinski definition) is 2. The van der Waals surface area contributed by atoms with Gasteiger partial charge in [0.25, 0.3) is 5.69 Å². The Morgan fingerprint density at radius 1 is 1.13 bits per heavy atom. The number of amides is 1. The Labute approximate surface area is 180 Å². The smallest absolute Gasteiger partial charge is 0.289 e. The van der Waals surface area contributed by atoms with Crippen LogP contribution in [-0.4, -0.2) is 46.1 Å². The van der Waals surface area contributed by atoms with Gasteiger partial charge in [-0.15, -0.1) is 0 Å². The predicted octanol–water partition coefficient (Wildman–Crippen LogP) is 2.03. The van der Waals surface area contributed by atoms with Crippen LogP contribution in [0.2, 0.25) is 0 Å². The Morgan fingerprint density at radius 3 is 2.42 bits per heavy atom. The molecule has 0 radical (unpaired) electrons. The summed E-state index contributed by atoms with van der Waals surface area (Å²) in [5.41, 5.74) is 0.338. The van der Waals surface area contributed by atoms with Crippen LogP contribution in [0, 0.1) is 10.1 Å². The van der Waals surface area contributed by atoms with Crippen molar-refractivity contribution in [1.29, 1.82) is 0 Å². The molecule has 1 atom stereocenters. The van der Waals surface area contributed by atoms with Gasteiger partial charge in [-0.2, -0.15) is 4.72 Å². The standard InChI is InChI=1S/C20H25N3O7S/c1-4-15(22-31(27,28)19-8-6-5-7-16(19)23(25)26)20(24)21-12-11-14-9-10-17(29-2)18(13-14)30-3/h5-10,13,15,22H,4,11-12H2,1-3H3,(H,21,24)/t15-/m1/s1. The Kier molecular flexibility index (Phi) is 8.34. The number of carbonyl (C=O) groups excluding carboxylic acids is 1. The average Bonchev–Trinajstić information content (AvgIpc) is 2.77. The molecule has 0 unspecified atom stereocenters. The predicted molar refractivity (Wildman–Crippen MR) is 114 cm³/mol. The van der Waals surface area contributed by atoms with Crippen molar-refractivity contribution in [2.75, 3.05) is 20.8 Å². The molecule has 11 heteroatoms. The third-order valence-electron chi connectivity index (χ3n) is 4.53. The molecule has 0 bridgehead atoms. The Bertz CT molecular complexity index is 1040. The molecule has 10 nitrogen and oxygen atoms in total. The number of para-hydroxylation sites is 1. The van der Waals surface area contributed by atoms with E-state index >= 15 is 0 Å². The third-order valence-corrected chi connectivity index (χ3v) is 6.05. The van der Waals surface area contributed by atoms with E-state index in [0.717, 1.165) is 17.7 Å². The first-order valence-corrected chi connectivity index (χ1v) is 11.0. The maximum Gasteiger partial charge on any atom is 0.289 e. The first-order chi connectivity index (χ1) is 14.7. The molecule has 0 fully saturated rings. The number of methoxy groups -OCH3 is 2. The van der Waals surface area contributed by atoms with Crippen molar-refractivity contribution in [3.8, 4) is 11.5 Å². The molecule has 1 amide bonds. The van der Waals surface area contributed by atoms with Gasteiger partial charge in [0.2, 0.25) is 15.9 Å². The molecular weight excluding hydrogens is 426 g/mol. The molecule has 31 heavy (non-hydrogen) atoms. The van der Waals surface area contributed by atoms with Crippen LogP contribution >= 0.6 is 0 Å². The molecule has 0 aliphatic carbocycles. The summed E-state index contributed by atoms with van der Waals surface area (Å²) in [5, 5.41) is 13.8. The fourth-order valence-corrected chi connectivity index (χ4v) is 4.35. The average molecular weight is 452 g/mol. The summed E-state index contributed by atoms with van der Waals surface area (Å²) < 4.78 is 38.0. The Hall–Kier alpha value is -3.18. The van der Waals surface area contributed by atoms with E-state index in [9.17, 15) is 23.3 Å². The minimum absolute atomic E-state index is 0.169. The first kappa shape index (κ1) is 24.1. The highest BCUT2D eigenvalue weighted by Crippen LogP contribution is 2.27. The van der Waals surface area contributed by atoms with E-state index in [1.807, 2.05) is 6.07 Å². The van der Waals surface area contributed by atoms with Crippen molar-refractivity contribution in [3.63, 3.8) is 0 Å². The van der Waals surface area contributed by atoms with Crippen molar-refractivity contribution in [2.24, 2.45) is 0 Å². The van der Waals surface area contributed by atoms with Gasteiger partial charge in [0, 0.05) is 12.6 Å². The molecule has 0 aliphatic heterocycles. The number of nitro benzene ring substituents is 1. The molecule has 0 heterocycles. The molecular formula is C20H25N3O7S. The lowest BCUT2D eigenvalue weighted by Gasteiger charge is -2.17. The number of nitrogens with zero attached hydrogens (tertiary/aromatic N) is 1. The second-order valence-electron chi connectivity index (χ2n) is 6.54. The summed E-state index contributed by atoms with van der Waals surface area (Å²) in [6.07, 6.45) is 0.654. The minimum atomic E-state index is -4.27. The zero-order chi connectivity index (χ0) is 23.0. The van der Waals surface area contributed by atoms with Crippen LogP contribution in [-0.2, 0) is 21.2 Å². The van der Waals surface area contributed by atoms with Crippen molar-refractivity contribution < 1.29 is 27.6 Å². The number of carbonyl (C=O) groups is 1. The topological polar surface area (TPSA) is 137 Å². The second kappa shape index (κ2) is 10.7. The number of sulfonamides is 1. The van der Waals surface area contributed by atoms with Gasteiger partial charge in [-0.25, -0.2) is 8.42 Å². The zero-order valence-electron chi connectivity index (χ0n) is 17.5. The van der Waals surface area contributed by atoms with Crippen molar-refractivity contribution >= 4 is 21.6 Å². The quantitative estimate of drug-likeness (QED) is 0.394. The number of hydrogen-bond acceptors (Lipinski definition) is 7. The summed E-state index contributed by atoms with van der Waals surface area (Å²) in [5.74, 6) is 0.630. The summed E-state index contributed by atoms with van der Waals surface area (Å²) in [6.45, 7) is 1.90. The number of rotatable bonds is 11. The van der Waals surface area contributed by atoms with Gasteiger partial charge in [0.15, 0.2) is 16.4 Å². The molecule has 0 spiro atoms. The minimum Gasteiger partial charge on any atom is -0.493 e. The third kappa shape index (κ3) is 6.15. The summed E-state index contributed by atoms with van der Waals surface area (Å²) in [6, 6.07) is 9.28. The molecule has 2 aromatic rings. The van der Waals surface area contributed by atoms with Gasteiger partial charge in [0.1, 0.15) is 6.04 Å². The lowest BCUT2D eigenvalue weighted by Crippen LogP contribution is -2.46. The van der Waals surface area contributed by atoms with Crippen molar-refractivity contribution in [3.05, 3.63) is 58.1 Å². The van der Waals surface area contributed by atoms with Crippen LogP contribution < -0.4 is 19.5 Å². The molecule has 0 saturated heterocycles. The maximum absolute atomic E-state index is 12.6. The lowest BCUT2D eigenvalue weighted by molar-refractivity contribution is -0.387. The van der Waals surface area contributed by atoms with Gasteiger partial charge < -0.3 is 14.8 Å². The van der Waals surface area contributed by atoms with E-state index in [4.69, 9.17) is 9.47 Å². The summed E-state index contributed by atoms with van der Waals surface area (Å²) in [4.78, 5) is 22.4. The summed E-state index contributed by atoms with van der Waals surface area (Å²) >= 11 is 0. The van der Waals surface area contributed by atoms with Gasteiger partial charge in [-0.3, -0.25) is 14.9 Å². The molecule has 2 N–H and O–H groups in total. The van der Waals surface area contributed by atoms with E-state index in [2.05, 4.69) is 10.0 Å². The van der Waals surface area contributed by atoms with Gasteiger partial charge in [-0.1, -0.05) is 25.1 Å². The fourth-order valence-electron chi connectivity index (χ4n) is 2.90. The highest BCUT2D eigenvalue weighted by Gasteiger charge is 2.29. The normalized spacial score (nSPS) is 12.1. The molecule has 168 valence electrons. The Balaban J connectivity index is 2.03. The van der Waals surface area contributed by atoms with Crippen LogP contribution in [0.15, 0.2) is 47.4 Å². The van der Waals surface area contributed by atoms with Crippen LogP contribution in [0.3, 0.4) is 0 Å². The molecule has 0 aliphatic rings. The highest BCUT2D eigenvalue weighted by molar-refractivity contribution is 7.89. The van der Waals surface area contributed by atoms with E-state index in [0.29, 0.717) is 17.9 Å². The van der Waals surface area contributed by atoms with Crippen molar-refractivity contribution in [2.45, 2.75) is 30.7 Å². The lowest BCUT2D eigenvalue weighted by atomic mass is 10.1. The zero-order valence-corrected chi connectivity index (χ0v) is 18.3. The SMILES string of the molecule is CC[C@@H](NS(=O)(=O)c1ccccc1[N+](=O)[O-])C(=O)NCCc1ccc(OC)c(OC)c1. The monoisotopic (exact) mass is 451 g/mol. The largest absolute Gasteiger partial charge is 0.493 e. The second-order valence-corrected chi connectivity index (χ2v) is 8.22. The van der Waals surface area contributed by atoms with Crippen molar-refractivity contribution in [1.82, 2.24) is 10.0 Å². The number of ether oxygens (including phenoxy) is 2. The van der Waals surface area contributed by atoms with E-state index in [-0.39, 0.29) is 13.0 Å². The number of nitro groups is 1. The van der Waals surface area contributed by atoms with E-state index in [1.54, 1.807) is 19.1 Å². The first-order valence-electron chi connectivity index (χ1n) is 9.47.